The summed E-state index contributed by atoms with van der Waals surface area (Å²) < 4.78 is 13.3. The van der Waals surface area contributed by atoms with Crippen LogP contribution in [0.2, 0.25) is 5.02 Å². The van der Waals surface area contributed by atoms with Crippen LogP contribution in [0.25, 0.3) is 0 Å². The van der Waals surface area contributed by atoms with Crippen molar-refractivity contribution in [1.82, 2.24) is 5.32 Å². The molecule has 1 fully saturated rings. The molecule has 3 heteroatoms. The second-order valence-electron chi connectivity index (χ2n) is 4.74. The summed E-state index contributed by atoms with van der Waals surface area (Å²) in [6.45, 7) is 4.23. The lowest BCUT2D eigenvalue weighted by atomic mass is 9.73. The first-order chi connectivity index (χ1) is 7.67. The Bertz CT molecular complexity index is 374. The lowest BCUT2D eigenvalue weighted by molar-refractivity contribution is 0.150. The third-order valence-corrected chi connectivity index (χ3v) is 3.80. The van der Waals surface area contributed by atoms with Gasteiger partial charge in [-0.15, -0.1) is 0 Å². The number of hydrogen-bond donors (Lipinski definition) is 1. The quantitative estimate of drug-likeness (QED) is 0.852. The van der Waals surface area contributed by atoms with Crippen molar-refractivity contribution in [3.63, 3.8) is 0 Å². The topological polar surface area (TPSA) is 12.0 Å². The van der Waals surface area contributed by atoms with Gasteiger partial charge in [0.1, 0.15) is 5.82 Å². The van der Waals surface area contributed by atoms with E-state index in [-0.39, 0.29) is 5.82 Å². The zero-order valence-corrected chi connectivity index (χ0v) is 10.3. The zero-order chi connectivity index (χ0) is 11.6. The van der Waals surface area contributed by atoms with Crippen LogP contribution < -0.4 is 5.32 Å². The highest BCUT2D eigenvalue weighted by molar-refractivity contribution is 6.31. The van der Waals surface area contributed by atoms with Gasteiger partial charge in [-0.3, -0.25) is 0 Å². The molecule has 16 heavy (non-hydrogen) atoms. The summed E-state index contributed by atoms with van der Waals surface area (Å²) >= 11 is 5.99. The van der Waals surface area contributed by atoms with E-state index < -0.39 is 0 Å². The second-order valence-corrected chi connectivity index (χ2v) is 5.12. The first-order valence-electron chi connectivity index (χ1n) is 5.80. The Balaban J connectivity index is 2.16. The van der Waals surface area contributed by atoms with Crippen LogP contribution in [0.15, 0.2) is 18.2 Å². The summed E-state index contributed by atoms with van der Waals surface area (Å²) in [6, 6.07) is 5.08. The Morgan fingerprint density at radius 3 is 2.75 bits per heavy atom. The van der Waals surface area contributed by atoms with Crippen LogP contribution in [0.5, 0.6) is 0 Å². The van der Waals surface area contributed by atoms with Crippen LogP contribution >= 0.6 is 11.6 Å². The minimum absolute atomic E-state index is 0.296. The van der Waals surface area contributed by atoms with E-state index in [1.54, 1.807) is 6.07 Å². The lowest BCUT2D eigenvalue weighted by Crippen LogP contribution is -2.54. The molecule has 0 aromatic heterocycles. The van der Waals surface area contributed by atoms with E-state index in [0.717, 1.165) is 31.5 Å². The summed E-state index contributed by atoms with van der Waals surface area (Å²) in [6.07, 6.45) is 3.21. The third-order valence-electron chi connectivity index (χ3n) is 3.38. The number of hydrogen-bond acceptors (Lipinski definition) is 1. The number of nitrogens with one attached hydrogen (secondary N) is 1. The summed E-state index contributed by atoms with van der Waals surface area (Å²) in [5.41, 5.74) is 1.24. The molecule has 0 saturated carbocycles. The van der Waals surface area contributed by atoms with Crippen molar-refractivity contribution in [2.75, 3.05) is 13.1 Å². The van der Waals surface area contributed by atoms with E-state index in [1.807, 2.05) is 6.07 Å². The van der Waals surface area contributed by atoms with E-state index in [0.29, 0.717) is 10.4 Å². The second kappa shape index (κ2) is 4.72. The molecule has 0 amide bonds. The molecule has 0 radical (unpaired) electrons. The van der Waals surface area contributed by atoms with Gasteiger partial charge < -0.3 is 5.32 Å². The highest BCUT2D eigenvalue weighted by atomic mass is 35.5. The van der Waals surface area contributed by atoms with Gasteiger partial charge in [-0.2, -0.15) is 0 Å². The van der Waals surface area contributed by atoms with Crippen molar-refractivity contribution >= 4 is 11.6 Å². The van der Waals surface area contributed by atoms with Gasteiger partial charge in [-0.25, -0.2) is 4.39 Å². The van der Waals surface area contributed by atoms with E-state index in [4.69, 9.17) is 11.6 Å². The van der Waals surface area contributed by atoms with E-state index in [9.17, 15) is 4.39 Å². The van der Waals surface area contributed by atoms with Gasteiger partial charge in [-0.05, 0) is 29.9 Å². The Morgan fingerprint density at radius 2 is 2.19 bits per heavy atom. The fourth-order valence-electron chi connectivity index (χ4n) is 2.49. The molecule has 1 aliphatic rings. The maximum absolute atomic E-state index is 13.3. The Kier molecular flexibility index (Phi) is 3.50. The summed E-state index contributed by atoms with van der Waals surface area (Å²) in [7, 11) is 0. The van der Waals surface area contributed by atoms with Crippen LogP contribution in [-0.4, -0.2) is 13.1 Å². The van der Waals surface area contributed by atoms with Crippen LogP contribution in [0.3, 0.4) is 0 Å². The average Bonchev–Trinajstić information content (AvgIpc) is 2.21. The van der Waals surface area contributed by atoms with Gasteiger partial charge in [-0.1, -0.05) is 37.1 Å². The molecule has 1 N–H and O–H groups in total. The molecule has 1 aromatic rings. The maximum atomic E-state index is 13.3. The fourth-order valence-corrected chi connectivity index (χ4v) is 2.68. The van der Waals surface area contributed by atoms with Crippen molar-refractivity contribution in [2.45, 2.75) is 26.2 Å². The van der Waals surface area contributed by atoms with E-state index in [1.165, 1.54) is 12.5 Å². The van der Waals surface area contributed by atoms with Crippen molar-refractivity contribution < 1.29 is 4.39 Å². The standard InChI is InChI=1S/C13H17ClFN/c1-2-6-13(8-16-9-13)7-10-4-3-5-11(15)12(10)14/h3-5,16H,2,6-9H2,1H3. The molecular weight excluding hydrogens is 225 g/mol. The largest absolute Gasteiger partial charge is 0.316 e. The van der Waals surface area contributed by atoms with Crippen LogP contribution in [-0.2, 0) is 6.42 Å². The molecule has 0 unspecified atom stereocenters. The van der Waals surface area contributed by atoms with Gasteiger partial charge in [0, 0.05) is 13.1 Å². The first-order valence-corrected chi connectivity index (χ1v) is 6.18. The van der Waals surface area contributed by atoms with Crippen LogP contribution in [0.4, 0.5) is 4.39 Å². The fraction of sp³-hybridized carbons (Fsp3) is 0.538. The van der Waals surface area contributed by atoms with Gasteiger partial charge >= 0.3 is 0 Å². The molecule has 88 valence electrons. The number of benzene rings is 1. The van der Waals surface area contributed by atoms with Gasteiger partial charge in [0.2, 0.25) is 0 Å². The SMILES string of the molecule is CCCC1(Cc2cccc(F)c2Cl)CNC1. The van der Waals surface area contributed by atoms with E-state index in [2.05, 4.69) is 12.2 Å². The normalized spacial score (nSPS) is 18.2. The summed E-state index contributed by atoms with van der Waals surface area (Å²) in [5.74, 6) is -0.307. The predicted molar refractivity (Wildman–Crippen MR) is 65.3 cm³/mol. The number of halogens is 2. The molecule has 2 rings (SSSR count). The molecule has 0 bridgehead atoms. The minimum Gasteiger partial charge on any atom is -0.316 e. The van der Waals surface area contributed by atoms with Gasteiger partial charge in [0.25, 0.3) is 0 Å². The molecule has 0 aliphatic carbocycles. The Morgan fingerprint density at radius 1 is 1.44 bits per heavy atom. The minimum atomic E-state index is -0.307. The molecular formula is C13H17ClFN. The molecule has 1 nitrogen and oxygen atoms in total. The molecule has 1 saturated heterocycles. The molecule has 1 aliphatic heterocycles. The zero-order valence-electron chi connectivity index (χ0n) is 9.52. The molecule has 0 spiro atoms. The van der Waals surface area contributed by atoms with Crippen molar-refractivity contribution in [1.29, 1.82) is 0 Å². The monoisotopic (exact) mass is 241 g/mol. The average molecular weight is 242 g/mol. The van der Waals surface area contributed by atoms with Crippen molar-refractivity contribution in [2.24, 2.45) is 5.41 Å². The number of rotatable bonds is 4. The maximum Gasteiger partial charge on any atom is 0.142 e. The van der Waals surface area contributed by atoms with Crippen LogP contribution in [0.1, 0.15) is 25.3 Å². The Labute approximate surface area is 101 Å². The lowest BCUT2D eigenvalue weighted by Gasteiger charge is -2.43. The smallest absolute Gasteiger partial charge is 0.142 e. The van der Waals surface area contributed by atoms with Gasteiger partial charge in [0.05, 0.1) is 5.02 Å². The third kappa shape index (κ3) is 2.23. The summed E-state index contributed by atoms with van der Waals surface area (Å²) in [5, 5.41) is 3.60. The highest BCUT2D eigenvalue weighted by Crippen LogP contribution is 2.35. The van der Waals surface area contributed by atoms with Gasteiger partial charge in [0.15, 0.2) is 0 Å². The van der Waals surface area contributed by atoms with Crippen molar-refractivity contribution in [3.8, 4) is 0 Å². The molecule has 1 aromatic carbocycles. The van der Waals surface area contributed by atoms with Crippen molar-refractivity contribution in [3.05, 3.63) is 34.6 Å². The Hall–Kier alpha value is -0.600. The van der Waals surface area contributed by atoms with E-state index >= 15 is 0 Å². The first kappa shape index (κ1) is 11.9. The summed E-state index contributed by atoms with van der Waals surface area (Å²) in [4.78, 5) is 0. The molecule has 0 atom stereocenters. The predicted octanol–water partition coefficient (Wildman–Crippen LogP) is 3.41. The molecule has 1 heterocycles. The highest BCUT2D eigenvalue weighted by Gasteiger charge is 2.36. The van der Waals surface area contributed by atoms with Crippen LogP contribution in [0, 0.1) is 11.2 Å².